The topological polar surface area (TPSA) is 79.4 Å². The normalized spacial score (nSPS) is 18.0. The number of carbonyl (C=O) groups excluding carboxylic acids is 3. The minimum Gasteiger partial charge on any atom is -0.349 e. The minimum absolute atomic E-state index is 0.0471. The molecule has 1 aromatic heterocycles. The summed E-state index contributed by atoms with van der Waals surface area (Å²) >= 11 is 0. The van der Waals surface area contributed by atoms with E-state index in [9.17, 15) is 18.8 Å². The first-order valence-electron chi connectivity index (χ1n) is 11.1. The number of aromatic nitrogens is 1. The molecular weight excluding hydrogens is 421 g/mol. The van der Waals surface area contributed by atoms with E-state index in [0.717, 1.165) is 12.8 Å². The number of rotatable bonds is 5. The van der Waals surface area contributed by atoms with Crippen molar-refractivity contribution in [2.24, 2.45) is 0 Å². The molecule has 0 saturated heterocycles. The molecule has 170 valence electrons. The van der Waals surface area contributed by atoms with Crippen molar-refractivity contribution in [2.45, 2.75) is 44.7 Å². The summed E-state index contributed by atoms with van der Waals surface area (Å²) in [5.74, 6) is -0.979. The van der Waals surface area contributed by atoms with E-state index in [2.05, 4.69) is 10.3 Å². The SMILES string of the molecule is CC(=O)c1cccc(C(=O)N(C)C2CCC(NC(=O)c3cc(F)cc4ccncc34)CC2)c1. The highest BCUT2D eigenvalue weighted by atomic mass is 19.1. The van der Waals surface area contributed by atoms with Crippen molar-refractivity contribution in [1.82, 2.24) is 15.2 Å². The first-order chi connectivity index (χ1) is 15.8. The van der Waals surface area contributed by atoms with E-state index in [1.807, 2.05) is 0 Å². The van der Waals surface area contributed by atoms with Gasteiger partial charge in [-0.15, -0.1) is 0 Å². The molecule has 1 heterocycles. The number of fused-ring (bicyclic) bond motifs is 1. The Morgan fingerprint density at radius 3 is 2.48 bits per heavy atom. The molecule has 33 heavy (non-hydrogen) atoms. The van der Waals surface area contributed by atoms with E-state index < -0.39 is 5.82 Å². The Hall–Kier alpha value is -3.61. The summed E-state index contributed by atoms with van der Waals surface area (Å²) in [6.45, 7) is 1.48. The smallest absolute Gasteiger partial charge is 0.253 e. The number of amides is 2. The third-order valence-electron chi connectivity index (χ3n) is 6.38. The predicted octanol–water partition coefficient (Wildman–Crippen LogP) is 4.39. The van der Waals surface area contributed by atoms with Crippen LogP contribution in [0.3, 0.4) is 0 Å². The van der Waals surface area contributed by atoms with E-state index in [0.29, 0.717) is 34.7 Å². The molecule has 6 nitrogen and oxygen atoms in total. The van der Waals surface area contributed by atoms with Gasteiger partial charge in [-0.2, -0.15) is 0 Å². The molecule has 1 aliphatic carbocycles. The number of halogens is 1. The molecule has 2 amide bonds. The molecule has 0 unspecified atom stereocenters. The van der Waals surface area contributed by atoms with E-state index in [4.69, 9.17) is 0 Å². The Morgan fingerprint density at radius 2 is 1.76 bits per heavy atom. The summed E-state index contributed by atoms with van der Waals surface area (Å²) < 4.78 is 14.0. The molecule has 4 rings (SSSR count). The maximum absolute atomic E-state index is 14.0. The van der Waals surface area contributed by atoms with Gasteiger partial charge in [0.1, 0.15) is 5.82 Å². The summed E-state index contributed by atoms with van der Waals surface area (Å²) in [5.41, 5.74) is 1.28. The zero-order valence-electron chi connectivity index (χ0n) is 18.7. The Bertz CT molecular complexity index is 1220. The molecular formula is C26H26FN3O3. The lowest BCUT2D eigenvalue weighted by Gasteiger charge is -2.35. The summed E-state index contributed by atoms with van der Waals surface area (Å²) in [6.07, 6.45) is 6.05. The van der Waals surface area contributed by atoms with Crippen LogP contribution in [-0.2, 0) is 0 Å². The second-order valence-electron chi connectivity index (χ2n) is 8.58. The second-order valence-corrected chi connectivity index (χ2v) is 8.58. The van der Waals surface area contributed by atoms with Gasteiger partial charge in [0.05, 0.1) is 5.56 Å². The van der Waals surface area contributed by atoms with Gasteiger partial charge in [-0.05, 0) is 68.3 Å². The molecule has 1 N–H and O–H groups in total. The van der Waals surface area contributed by atoms with Crippen LogP contribution in [0.4, 0.5) is 4.39 Å². The van der Waals surface area contributed by atoms with Crippen LogP contribution in [0.1, 0.15) is 63.7 Å². The first-order valence-corrected chi connectivity index (χ1v) is 11.1. The van der Waals surface area contributed by atoms with Gasteiger partial charge < -0.3 is 10.2 Å². The third-order valence-corrected chi connectivity index (χ3v) is 6.38. The van der Waals surface area contributed by atoms with E-state index in [1.54, 1.807) is 54.7 Å². The van der Waals surface area contributed by atoms with Gasteiger partial charge in [0.25, 0.3) is 11.8 Å². The number of carbonyl (C=O) groups is 3. The Balaban J connectivity index is 1.38. The molecule has 0 atom stereocenters. The fourth-order valence-corrected chi connectivity index (χ4v) is 4.46. The summed E-state index contributed by atoms with van der Waals surface area (Å²) in [5, 5.41) is 4.27. The van der Waals surface area contributed by atoms with Crippen LogP contribution < -0.4 is 5.32 Å². The van der Waals surface area contributed by atoms with Crippen molar-refractivity contribution in [3.63, 3.8) is 0 Å². The highest BCUT2D eigenvalue weighted by Crippen LogP contribution is 2.25. The molecule has 1 fully saturated rings. The number of benzene rings is 2. The number of ketones is 1. The average molecular weight is 448 g/mol. The average Bonchev–Trinajstić information content (AvgIpc) is 2.83. The zero-order chi connectivity index (χ0) is 23.5. The quantitative estimate of drug-likeness (QED) is 0.589. The van der Waals surface area contributed by atoms with Gasteiger partial charge in [0.15, 0.2) is 5.78 Å². The number of Topliss-reactive ketones (excluding diaryl/α,β-unsaturated/α-hetero) is 1. The Kier molecular flexibility index (Phi) is 6.49. The largest absolute Gasteiger partial charge is 0.349 e. The van der Waals surface area contributed by atoms with Crippen molar-refractivity contribution < 1.29 is 18.8 Å². The monoisotopic (exact) mass is 447 g/mol. The van der Waals surface area contributed by atoms with Crippen molar-refractivity contribution in [3.05, 3.63) is 77.4 Å². The third kappa shape index (κ3) is 4.92. The maximum atomic E-state index is 14.0. The predicted molar refractivity (Wildman–Crippen MR) is 124 cm³/mol. The van der Waals surface area contributed by atoms with Gasteiger partial charge in [0.2, 0.25) is 0 Å². The lowest BCUT2D eigenvalue weighted by atomic mass is 9.89. The van der Waals surface area contributed by atoms with Crippen LogP contribution in [-0.4, -0.2) is 46.6 Å². The van der Waals surface area contributed by atoms with Gasteiger partial charge in [-0.3, -0.25) is 19.4 Å². The fourth-order valence-electron chi connectivity index (χ4n) is 4.46. The van der Waals surface area contributed by atoms with Gasteiger partial charge in [0, 0.05) is 48.0 Å². The van der Waals surface area contributed by atoms with E-state index >= 15 is 0 Å². The summed E-state index contributed by atoms with van der Waals surface area (Å²) in [6, 6.07) is 11.1. The number of pyridine rings is 1. The summed E-state index contributed by atoms with van der Waals surface area (Å²) in [4.78, 5) is 43.2. The van der Waals surface area contributed by atoms with Crippen molar-refractivity contribution in [3.8, 4) is 0 Å². The minimum atomic E-state index is -0.462. The van der Waals surface area contributed by atoms with Crippen LogP contribution in [0.15, 0.2) is 54.9 Å². The van der Waals surface area contributed by atoms with Crippen LogP contribution in [0.25, 0.3) is 10.8 Å². The van der Waals surface area contributed by atoms with Crippen molar-refractivity contribution in [1.29, 1.82) is 0 Å². The molecule has 0 spiro atoms. The standard InChI is InChI=1S/C26H26FN3O3/c1-16(31)17-4-3-5-19(12-17)26(33)30(2)22-8-6-21(7-9-22)29-25(32)23-14-20(27)13-18-10-11-28-15-24(18)23/h3-5,10-15,21-22H,6-9H2,1-2H3,(H,29,32). The number of hydrogen-bond donors (Lipinski definition) is 1. The first kappa shape index (κ1) is 22.6. The highest BCUT2D eigenvalue weighted by molar-refractivity contribution is 6.07. The fraction of sp³-hybridized carbons (Fsp3) is 0.308. The number of nitrogens with one attached hydrogen (secondary N) is 1. The molecule has 2 aromatic carbocycles. The highest BCUT2D eigenvalue weighted by Gasteiger charge is 2.28. The van der Waals surface area contributed by atoms with Gasteiger partial charge in [-0.1, -0.05) is 12.1 Å². The Labute approximate surface area is 191 Å². The van der Waals surface area contributed by atoms with E-state index in [1.165, 1.54) is 19.1 Å². The molecule has 1 saturated carbocycles. The molecule has 3 aromatic rings. The van der Waals surface area contributed by atoms with Crippen LogP contribution in [0, 0.1) is 5.82 Å². The van der Waals surface area contributed by atoms with E-state index in [-0.39, 0.29) is 35.2 Å². The van der Waals surface area contributed by atoms with Gasteiger partial charge >= 0.3 is 0 Å². The second kappa shape index (κ2) is 9.48. The number of hydrogen-bond acceptors (Lipinski definition) is 4. The molecule has 0 bridgehead atoms. The van der Waals surface area contributed by atoms with Gasteiger partial charge in [-0.25, -0.2) is 4.39 Å². The summed E-state index contributed by atoms with van der Waals surface area (Å²) in [7, 11) is 1.78. The lowest BCUT2D eigenvalue weighted by Crippen LogP contribution is -2.44. The maximum Gasteiger partial charge on any atom is 0.253 e. The van der Waals surface area contributed by atoms with Crippen molar-refractivity contribution >= 4 is 28.4 Å². The molecule has 7 heteroatoms. The van der Waals surface area contributed by atoms with Crippen LogP contribution in [0.2, 0.25) is 0 Å². The molecule has 1 aliphatic rings. The van der Waals surface area contributed by atoms with Crippen LogP contribution >= 0.6 is 0 Å². The zero-order valence-corrected chi connectivity index (χ0v) is 18.7. The molecule has 0 radical (unpaired) electrons. The van der Waals surface area contributed by atoms with Crippen LogP contribution in [0.5, 0.6) is 0 Å². The number of nitrogens with zero attached hydrogens (tertiary/aromatic N) is 2. The van der Waals surface area contributed by atoms with Crippen molar-refractivity contribution in [2.75, 3.05) is 7.05 Å². The Morgan fingerprint density at radius 1 is 1.03 bits per heavy atom. The molecule has 0 aliphatic heterocycles. The lowest BCUT2D eigenvalue weighted by molar-refractivity contribution is 0.0675.